The highest BCUT2D eigenvalue weighted by Crippen LogP contribution is 2.34. The van der Waals surface area contributed by atoms with Gasteiger partial charge >= 0.3 is 0 Å². The van der Waals surface area contributed by atoms with Crippen molar-refractivity contribution >= 4 is 15.9 Å². The average Bonchev–Trinajstić information content (AvgIpc) is 2.43. The molecule has 2 nitrogen and oxygen atoms in total. The topological polar surface area (TPSA) is 35.2 Å². The van der Waals surface area contributed by atoms with Gasteiger partial charge in [-0.1, -0.05) is 28.1 Å². The fourth-order valence-corrected chi connectivity index (χ4v) is 2.38. The normalized spacial score (nSPS) is 12.3. The molecule has 0 aliphatic carbocycles. The molecule has 0 aromatic heterocycles. The zero-order valence-electron chi connectivity index (χ0n) is 11.1. The van der Waals surface area contributed by atoms with E-state index in [1.807, 2.05) is 6.92 Å². The lowest BCUT2D eigenvalue weighted by atomic mass is 9.97. The van der Waals surface area contributed by atoms with Gasteiger partial charge < -0.3 is 10.5 Å². The van der Waals surface area contributed by atoms with Crippen molar-refractivity contribution in [2.24, 2.45) is 5.73 Å². The summed E-state index contributed by atoms with van der Waals surface area (Å²) in [6.45, 7) is 1.91. The smallest absolute Gasteiger partial charge is 0.163 e. The van der Waals surface area contributed by atoms with Crippen molar-refractivity contribution in [3.05, 3.63) is 63.1 Å². The van der Waals surface area contributed by atoms with Gasteiger partial charge in [-0.25, -0.2) is 8.78 Å². The third-order valence-corrected chi connectivity index (χ3v) is 4.02. The maximum absolute atomic E-state index is 13.8. The molecule has 1 unspecified atom stereocenters. The lowest BCUT2D eigenvalue weighted by molar-refractivity contribution is 0.406. The van der Waals surface area contributed by atoms with Crippen LogP contribution in [-0.2, 0) is 0 Å². The molecule has 5 heteroatoms. The maximum Gasteiger partial charge on any atom is 0.163 e. The van der Waals surface area contributed by atoms with Crippen molar-refractivity contribution in [3.63, 3.8) is 0 Å². The molecule has 20 heavy (non-hydrogen) atoms. The Labute approximate surface area is 124 Å². The van der Waals surface area contributed by atoms with E-state index in [9.17, 15) is 8.78 Å². The molecule has 0 aliphatic heterocycles. The van der Waals surface area contributed by atoms with E-state index in [2.05, 4.69) is 15.9 Å². The Bertz CT molecular complexity index is 646. The van der Waals surface area contributed by atoms with Crippen LogP contribution in [0.15, 0.2) is 34.8 Å². The van der Waals surface area contributed by atoms with Gasteiger partial charge in [0.05, 0.1) is 13.2 Å². The Morgan fingerprint density at radius 3 is 2.55 bits per heavy atom. The van der Waals surface area contributed by atoms with Crippen molar-refractivity contribution in [3.8, 4) is 5.75 Å². The molecule has 0 radical (unpaired) electrons. The van der Waals surface area contributed by atoms with Crippen LogP contribution in [0.5, 0.6) is 5.75 Å². The van der Waals surface area contributed by atoms with E-state index in [0.717, 1.165) is 16.1 Å². The van der Waals surface area contributed by atoms with E-state index >= 15 is 0 Å². The first kappa shape index (κ1) is 14.9. The van der Waals surface area contributed by atoms with Crippen LogP contribution in [0, 0.1) is 18.6 Å². The summed E-state index contributed by atoms with van der Waals surface area (Å²) < 4.78 is 33.3. The lowest BCUT2D eigenvalue weighted by Gasteiger charge is -2.18. The third kappa shape index (κ3) is 2.69. The number of nitrogens with two attached hydrogens (primary N) is 1. The molecule has 2 aromatic carbocycles. The Hall–Kier alpha value is -1.46. The second-order valence-corrected chi connectivity index (χ2v) is 5.32. The van der Waals surface area contributed by atoms with Crippen molar-refractivity contribution in [2.75, 3.05) is 7.11 Å². The van der Waals surface area contributed by atoms with Crippen LogP contribution < -0.4 is 10.5 Å². The molecular weight excluding hydrogens is 328 g/mol. The second kappa shape index (κ2) is 5.89. The summed E-state index contributed by atoms with van der Waals surface area (Å²) >= 11 is 3.40. The summed E-state index contributed by atoms with van der Waals surface area (Å²) in [5.74, 6) is -1.30. The summed E-state index contributed by atoms with van der Waals surface area (Å²) in [5, 5.41) is 0. The van der Waals surface area contributed by atoms with Crippen LogP contribution in [0.4, 0.5) is 8.78 Å². The maximum atomic E-state index is 13.8. The number of benzene rings is 2. The van der Waals surface area contributed by atoms with Gasteiger partial charge in [0.25, 0.3) is 0 Å². The van der Waals surface area contributed by atoms with Gasteiger partial charge in [-0.15, -0.1) is 0 Å². The average molecular weight is 342 g/mol. The first-order chi connectivity index (χ1) is 9.45. The summed E-state index contributed by atoms with van der Waals surface area (Å²) in [6.07, 6.45) is 0. The SMILES string of the molecule is COc1cc(C)c(Br)cc1C(N)c1cccc(F)c1F. The Balaban J connectivity index is 2.55. The van der Waals surface area contributed by atoms with Crippen molar-refractivity contribution in [1.82, 2.24) is 0 Å². The summed E-state index contributed by atoms with van der Waals surface area (Å²) in [7, 11) is 1.51. The minimum absolute atomic E-state index is 0.0963. The highest BCUT2D eigenvalue weighted by atomic mass is 79.9. The van der Waals surface area contributed by atoms with Gasteiger partial charge in [0, 0.05) is 15.6 Å². The molecule has 0 aliphatic rings. The Morgan fingerprint density at radius 1 is 1.20 bits per heavy atom. The molecule has 2 rings (SSSR count). The quantitative estimate of drug-likeness (QED) is 0.912. The van der Waals surface area contributed by atoms with Crippen LogP contribution in [0.3, 0.4) is 0 Å². The highest BCUT2D eigenvalue weighted by Gasteiger charge is 2.20. The fourth-order valence-electron chi connectivity index (χ4n) is 2.02. The van der Waals surface area contributed by atoms with E-state index in [0.29, 0.717) is 11.3 Å². The summed E-state index contributed by atoms with van der Waals surface area (Å²) in [4.78, 5) is 0. The van der Waals surface area contributed by atoms with Gasteiger partial charge in [0.2, 0.25) is 0 Å². The van der Waals surface area contributed by atoms with Gasteiger partial charge in [-0.2, -0.15) is 0 Å². The molecule has 0 amide bonds. The van der Waals surface area contributed by atoms with Crippen LogP contribution in [-0.4, -0.2) is 7.11 Å². The zero-order valence-corrected chi connectivity index (χ0v) is 12.7. The van der Waals surface area contributed by atoms with E-state index in [-0.39, 0.29) is 5.56 Å². The van der Waals surface area contributed by atoms with Gasteiger partial charge in [-0.3, -0.25) is 0 Å². The van der Waals surface area contributed by atoms with E-state index < -0.39 is 17.7 Å². The standard InChI is InChI=1S/C15H14BrF2NO/c1-8-6-13(20-2)10(7-11(8)16)15(19)9-4-3-5-12(17)14(9)18/h3-7,15H,19H2,1-2H3. The molecule has 1 atom stereocenters. The first-order valence-electron chi connectivity index (χ1n) is 5.99. The predicted molar refractivity (Wildman–Crippen MR) is 77.8 cm³/mol. The largest absolute Gasteiger partial charge is 0.496 e. The molecular formula is C15H14BrF2NO. The lowest BCUT2D eigenvalue weighted by Crippen LogP contribution is -2.15. The van der Waals surface area contributed by atoms with Crippen molar-refractivity contribution in [1.29, 1.82) is 0 Å². The first-order valence-corrected chi connectivity index (χ1v) is 6.78. The zero-order chi connectivity index (χ0) is 14.9. The van der Waals surface area contributed by atoms with Crippen molar-refractivity contribution < 1.29 is 13.5 Å². The van der Waals surface area contributed by atoms with Gasteiger partial charge in [0.1, 0.15) is 5.75 Å². The summed E-state index contributed by atoms with van der Waals surface area (Å²) in [5.41, 5.74) is 7.73. The number of hydrogen-bond acceptors (Lipinski definition) is 2. The molecule has 0 saturated carbocycles. The number of rotatable bonds is 3. The van der Waals surface area contributed by atoms with Crippen LogP contribution >= 0.6 is 15.9 Å². The van der Waals surface area contributed by atoms with Crippen LogP contribution in [0.2, 0.25) is 0 Å². The predicted octanol–water partition coefficient (Wildman–Crippen LogP) is 4.09. The van der Waals surface area contributed by atoms with Crippen molar-refractivity contribution in [2.45, 2.75) is 13.0 Å². The number of halogens is 3. The molecule has 0 spiro atoms. The highest BCUT2D eigenvalue weighted by molar-refractivity contribution is 9.10. The van der Waals surface area contributed by atoms with E-state index in [4.69, 9.17) is 10.5 Å². The van der Waals surface area contributed by atoms with E-state index in [1.165, 1.54) is 19.2 Å². The number of ether oxygens (including phenoxy) is 1. The number of aryl methyl sites for hydroxylation is 1. The molecule has 2 aromatic rings. The number of hydrogen-bond donors (Lipinski definition) is 1. The molecule has 106 valence electrons. The minimum atomic E-state index is -0.932. The van der Waals surface area contributed by atoms with E-state index in [1.54, 1.807) is 12.1 Å². The summed E-state index contributed by atoms with van der Waals surface area (Å²) in [6, 6.07) is 6.73. The monoisotopic (exact) mass is 341 g/mol. The minimum Gasteiger partial charge on any atom is -0.496 e. The number of methoxy groups -OCH3 is 1. The third-order valence-electron chi connectivity index (χ3n) is 3.16. The van der Waals surface area contributed by atoms with Gasteiger partial charge in [0.15, 0.2) is 11.6 Å². The van der Waals surface area contributed by atoms with Gasteiger partial charge in [-0.05, 0) is 30.7 Å². The fraction of sp³-hybridized carbons (Fsp3) is 0.200. The second-order valence-electron chi connectivity index (χ2n) is 4.46. The van der Waals surface area contributed by atoms with Crippen LogP contribution in [0.1, 0.15) is 22.7 Å². The molecule has 0 fully saturated rings. The van der Waals surface area contributed by atoms with Crippen LogP contribution in [0.25, 0.3) is 0 Å². The Morgan fingerprint density at radius 2 is 1.90 bits per heavy atom. The Kier molecular flexibility index (Phi) is 4.40. The molecule has 0 bridgehead atoms. The molecule has 0 saturated heterocycles. The molecule has 2 N–H and O–H groups in total. The molecule has 0 heterocycles.